The average molecular weight is 328 g/mol. The quantitative estimate of drug-likeness (QED) is 0.825. The Bertz CT molecular complexity index is 732. The summed E-state index contributed by atoms with van der Waals surface area (Å²) in [6, 6.07) is 8.56. The Hall–Kier alpha value is -2.60. The van der Waals surface area contributed by atoms with Crippen LogP contribution in [0.5, 0.6) is 0 Å². The summed E-state index contributed by atoms with van der Waals surface area (Å²) in [7, 11) is 0. The first-order valence-corrected chi connectivity index (χ1v) is 7.99. The average Bonchev–Trinajstić information content (AvgIpc) is 3.24. The fourth-order valence-electron chi connectivity index (χ4n) is 2.70. The summed E-state index contributed by atoms with van der Waals surface area (Å²) in [6.45, 7) is 3.06. The summed E-state index contributed by atoms with van der Waals surface area (Å²) in [5, 5.41) is 6.04. The van der Waals surface area contributed by atoms with Gasteiger partial charge in [-0.3, -0.25) is 4.79 Å². The molecule has 1 fully saturated rings. The predicted molar refractivity (Wildman–Crippen MR) is 89.1 cm³/mol. The largest absolute Gasteiger partial charge is 0.469 e. The lowest BCUT2D eigenvalue weighted by Gasteiger charge is -2.11. The molecular formula is C18H20N2O4. The minimum absolute atomic E-state index is 0.237. The molecule has 0 radical (unpaired) electrons. The second-order valence-corrected chi connectivity index (χ2v) is 5.82. The molecule has 0 aliphatic carbocycles. The third-order valence-electron chi connectivity index (χ3n) is 4.04. The fraction of sp³-hybridized carbons (Fsp3) is 0.333. The van der Waals surface area contributed by atoms with E-state index in [-0.39, 0.29) is 17.9 Å². The monoisotopic (exact) mass is 328 g/mol. The van der Waals surface area contributed by atoms with E-state index in [0.717, 1.165) is 19.4 Å². The maximum absolute atomic E-state index is 12.2. The summed E-state index contributed by atoms with van der Waals surface area (Å²) in [5.41, 5.74) is 1.42. The number of ether oxygens (including phenoxy) is 1. The first-order chi connectivity index (χ1) is 11.6. The van der Waals surface area contributed by atoms with Crippen LogP contribution in [0.2, 0.25) is 0 Å². The molecule has 1 amide bonds. The molecule has 1 saturated heterocycles. The molecule has 126 valence electrons. The van der Waals surface area contributed by atoms with Gasteiger partial charge in [-0.2, -0.15) is 0 Å². The van der Waals surface area contributed by atoms with E-state index in [1.54, 1.807) is 37.3 Å². The van der Waals surface area contributed by atoms with Gasteiger partial charge in [-0.25, -0.2) is 4.79 Å². The van der Waals surface area contributed by atoms with E-state index < -0.39 is 0 Å². The number of nitrogens with one attached hydrogen (secondary N) is 2. The molecule has 1 aliphatic rings. The van der Waals surface area contributed by atoms with E-state index in [1.807, 2.05) is 0 Å². The minimum atomic E-state index is -0.390. The number of esters is 1. The van der Waals surface area contributed by atoms with Crippen LogP contribution in [-0.4, -0.2) is 31.1 Å². The van der Waals surface area contributed by atoms with E-state index in [9.17, 15) is 9.59 Å². The third kappa shape index (κ3) is 3.83. The minimum Gasteiger partial charge on any atom is -0.469 e. The smallest absolute Gasteiger partial charge is 0.338 e. The summed E-state index contributed by atoms with van der Waals surface area (Å²) in [4.78, 5) is 24.3. The zero-order valence-corrected chi connectivity index (χ0v) is 13.5. The van der Waals surface area contributed by atoms with Crippen molar-refractivity contribution in [3.8, 4) is 0 Å². The molecular weight excluding hydrogens is 308 g/mol. The van der Waals surface area contributed by atoms with Crippen LogP contribution in [0.25, 0.3) is 0 Å². The van der Waals surface area contributed by atoms with Gasteiger partial charge in [0.05, 0.1) is 17.4 Å². The number of carbonyl (C=O) groups is 2. The maximum Gasteiger partial charge on any atom is 0.338 e. The summed E-state index contributed by atoms with van der Waals surface area (Å²) in [5.74, 6) is -0.117. The Balaban J connectivity index is 1.62. The molecule has 2 aromatic rings. The van der Waals surface area contributed by atoms with Crippen molar-refractivity contribution in [3.05, 3.63) is 53.5 Å². The first kappa shape index (κ1) is 16.3. The van der Waals surface area contributed by atoms with Gasteiger partial charge in [-0.15, -0.1) is 0 Å². The number of benzene rings is 1. The van der Waals surface area contributed by atoms with Gasteiger partial charge in [-0.05, 0) is 50.6 Å². The molecule has 0 saturated carbocycles. The van der Waals surface area contributed by atoms with Crippen LogP contribution < -0.4 is 10.6 Å². The standard InChI is InChI=1S/C18H20N2O4/c1-12-16(7-9-23-12)17(21)20-14-5-2-4-13(10-14)18(22)24-11-15-6-3-8-19-15/h2,4-5,7,9-10,15,19H,3,6,8,11H2,1H3,(H,20,21)/t15-/m0/s1. The van der Waals surface area contributed by atoms with E-state index in [2.05, 4.69) is 10.6 Å². The SMILES string of the molecule is Cc1occc1C(=O)Nc1cccc(C(=O)OC[C@@H]2CCCN2)c1. The Kier molecular flexibility index (Phi) is 4.96. The van der Waals surface area contributed by atoms with E-state index in [4.69, 9.17) is 9.15 Å². The molecule has 0 bridgehead atoms. The summed E-state index contributed by atoms with van der Waals surface area (Å²) >= 11 is 0. The van der Waals surface area contributed by atoms with Crippen molar-refractivity contribution in [1.82, 2.24) is 5.32 Å². The van der Waals surface area contributed by atoms with E-state index >= 15 is 0 Å². The normalized spacial score (nSPS) is 16.8. The molecule has 1 aromatic heterocycles. The van der Waals surface area contributed by atoms with Crippen molar-refractivity contribution < 1.29 is 18.7 Å². The zero-order valence-electron chi connectivity index (χ0n) is 13.5. The number of anilines is 1. The molecule has 6 nitrogen and oxygen atoms in total. The molecule has 0 spiro atoms. The van der Waals surface area contributed by atoms with Crippen molar-refractivity contribution in [2.45, 2.75) is 25.8 Å². The van der Waals surface area contributed by atoms with E-state index in [0.29, 0.717) is 29.2 Å². The predicted octanol–water partition coefficient (Wildman–Crippen LogP) is 2.75. The number of furan rings is 1. The number of amides is 1. The molecule has 3 rings (SSSR count). The Morgan fingerprint density at radius 3 is 2.96 bits per heavy atom. The van der Waals surface area contributed by atoms with Gasteiger partial charge in [0.2, 0.25) is 0 Å². The van der Waals surface area contributed by atoms with Crippen LogP contribution >= 0.6 is 0 Å². The fourth-order valence-corrected chi connectivity index (χ4v) is 2.70. The number of aryl methyl sites for hydroxylation is 1. The first-order valence-electron chi connectivity index (χ1n) is 7.99. The molecule has 24 heavy (non-hydrogen) atoms. The number of rotatable bonds is 5. The van der Waals surface area contributed by atoms with Crippen molar-refractivity contribution in [3.63, 3.8) is 0 Å². The molecule has 1 aliphatic heterocycles. The lowest BCUT2D eigenvalue weighted by molar-refractivity contribution is 0.0473. The highest BCUT2D eigenvalue weighted by Crippen LogP contribution is 2.16. The van der Waals surface area contributed by atoms with Gasteiger partial charge < -0.3 is 19.8 Å². The molecule has 2 N–H and O–H groups in total. The van der Waals surface area contributed by atoms with Crippen LogP contribution in [-0.2, 0) is 4.74 Å². The third-order valence-corrected chi connectivity index (χ3v) is 4.04. The molecule has 1 atom stereocenters. The van der Waals surface area contributed by atoms with Gasteiger partial charge in [0.25, 0.3) is 5.91 Å². The lowest BCUT2D eigenvalue weighted by Crippen LogP contribution is -2.28. The van der Waals surface area contributed by atoms with Gasteiger partial charge in [0.15, 0.2) is 0 Å². The highest BCUT2D eigenvalue weighted by atomic mass is 16.5. The zero-order chi connectivity index (χ0) is 16.9. The highest BCUT2D eigenvalue weighted by molar-refractivity contribution is 6.05. The number of carbonyl (C=O) groups excluding carboxylic acids is 2. The van der Waals surface area contributed by atoms with Gasteiger partial charge in [-0.1, -0.05) is 6.07 Å². The number of hydrogen-bond acceptors (Lipinski definition) is 5. The van der Waals surface area contributed by atoms with E-state index in [1.165, 1.54) is 6.26 Å². The Labute approximate surface area is 140 Å². The van der Waals surface area contributed by atoms with Crippen molar-refractivity contribution in [1.29, 1.82) is 0 Å². The number of hydrogen-bond donors (Lipinski definition) is 2. The van der Waals surface area contributed by atoms with Crippen LogP contribution in [0.1, 0.15) is 39.3 Å². The molecule has 6 heteroatoms. The second kappa shape index (κ2) is 7.31. The van der Waals surface area contributed by atoms with Crippen molar-refractivity contribution in [2.75, 3.05) is 18.5 Å². The maximum atomic E-state index is 12.2. The van der Waals surface area contributed by atoms with Crippen molar-refractivity contribution >= 4 is 17.6 Å². The van der Waals surface area contributed by atoms with Crippen LogP contribution in [0.3, 0.4) is 0 Å². The van der Waals surface area contributed by atoms with Gasteiger partial charge in [0, 0.05) is 11.7 Å². The molecule has 2 heterocycles. The lowest BCUT2D eigenvalue weighted by atomic mass is 10.2. The van der Waals surface area contributed by atoms with Crippen LogP contribution in [0, 0.1) is 6.92 Å². The summed E-state index contributed by atoms with van der Waals surface area (Å²) < 4.78 is 10.5. The van der Waals surface area contributed by atoms with Crippen LogP contribution in [0.15, 0.2) is 41.0 Å². The topological polar surface area (TPSA) is 80.6 Å². The van der Waals surface area contributed by atoms with Gasteiger partial charge >= 0.3 is 5.97 Å². The Morgan fingerprint density at radius 1 is 1.38 bits per heavy atom. The summed E-state index contributed by atoms with van der Waals surface area (Å²) in [6.07, 6.45) is 3.60. The van der Waals surface area contributed by atoms with Crippen LogP contribution in [0.4, 0.5) is 5.69 Å². The second-order valence-electron chi connectivity index (χ2n) is 5.82. The Morgan fingerprint density at radius 2 is 2.25 bits per heavy atom. The molecule has 0 unspecified atom stereocenters. The highest BCUT2D eigenvalue weighted by Gasteiger charge is 2.17. The van der Waals surface area contributed by atoms with Crippen molar-refractivity contribution in [2.24, 2.45) is 0 Å². The van der Waals surface area contributed by atoms with Gasteiger partial charge in [0.1, 0.15) is 12.4 Å². The molecule has 1 aromatic carbocycles.